The lowest BCUT2D eigenvalue weighted by atomic mass is 10.2. The molecular weight excluding hydrogens is 210 g/mol. The van der Waals surface area contributed by atoms with Crippen LogP contribution in [-0.2, 0) is 0 Å². The van der Waals surface area contributed by atoms with Gasteiger partial charge in [0, 0.05) is 12.1 Å². The number of aliphatic hydroxyl groups excluding tert-OH is 1. The highest BCUT2D eigenvalue weighted by Crippen LogP contribution is 2.25. The van der Waals surface area contributed by atoms with Crippen LogP contribution in [0.4, 0.5) is 5.69 Å². The number of hydrogen-bond donors (Lipinski definition) is 1. The second-order valence-electron chi connectivity index (χ2n) is 3.91. The highest BCUT2D eigenvalue weighted by atomic mass is 16.6. The lowest BCUT2D eigenvalue weighted by Gasteiger charge is -2.16. The van der Waals surface area contributed by atoms with Crippen LogP contribution >= 0.6 is 0 Å². The molecule has 1 aromatic rings. The third-order valence-corrected chi connectivity index (χ3v) is 2.75. The van der Waals surface area contributed by atoms with Crippen LogP contribution in [0.2, 0.25) is 0 Å². The Bertz CT molecular complexity index is 376. The summed E-state index contributed by atoms with van der Waals surface area (Å²) in [6.07, 6.45) is 1.95. The van der Waals surface area contributed by atoms with Gasteiger partial charge in [-0.05, 0) is 31.4 Å². The van der Waals surface area contributed by atoms with Crippen molar-refractivity contribution in [1.29, 1.82) is 0 Å². The molecule has 5 nitrogen and oxygen atoms in total. The lowest BCUT2D eigenvalue weighted by Crippen LogP contribution is -2.25. The number of non-ortho nitro benzene ring substituents is 1. The zero-order valence-electron chi connectivity index (χ0n) is 8.70. The van der Waals surface area contributed by atoms with Crippen molar-refractivity contribution in [2.75, 3.05) is 0 Å². The normalized spacial score (nSPS) is 24.3. The van der Waals surface area contributed by atoms with Gasteiger partial charge in [-0.2, -0.15) is 0 Å². The maximum absolute atomic E-state index is 10.4. The fourth-order valence-corrected chi connectivity index (χ4v) is 1.87. The molecule has 2 rings (SSSR count). The van der Waals surface area contributed by atoms with E-state index in [1.807, 2.05) is 0 Å². The number of nitro groups is 1. The molecule has 1 N–H and O–H groups in total. The monoisotopic (exact) mass is 223 g/mol. The van der Waals surface area contributed by atoms with E-state index in [1.54, 1.807) is 12.1 Å². The third-order valence-electron chi connectivity index (χ3n) is 2.75. The van der Waals surface area contributed by atoms with Gasteiger partial charge in [-0.25, -0.2) is 0 Å². The molecule has 1 aliphatic rings. The van der Waals surface area contributed by atoms with Crippen molar-refractivity contribution in [2.24, 2.45) is 0 Å². The molecule has 1 fully saturated rings. The van der Waals surface area contributed by atoms with Crippen LogP contribution < -0.4 is 4.74 Å². The summed E-state index contributed by atoms with van der Waals surface area (Å²) in [6, 6.07) is 5.92. The fraction of sp³-hybridized carbons (Fsp3) is 0.455. The zero-order chi connectivity index (χ0) is 11.5. The number of nitro benzene ring substituents is 1. The van der Waals surface area contributed by atoms with Crippen LogP contribution in [0.1, 0.15) is 19.3 Å². The SMILES string of the molecule is O=[N+]([O-])c1ccc(OC2CCCC2O)cc1. The molecule has 0 aliphatic heterocycles. The van der Waals surface area contributed by atoms with Crippen LogP contribution in [0.25, 0.3) is 0 Å². The summed E-state index contributed by atoms with van der Waals surface area (Å²) >= 11 is 0. The predicted molar refractivity (Wildman–Crippen MR) is 57.4 cm³/mol. The van der Waals surface area contributed by atoms with Gasteiger partial charge in [-0.15, -0.1) is 0 Å². The van der Waals surface area contributed by atoms with Gasteiger partial charge >= 0.3 is 0 Å². The van der Waals surface area contributed by atoms with E-state index in [0.29, 0.717) is 5.75 Å². The van der Waals surface area contributed by atoms with E-state index >= 15 is 0 Å². The van der Waals surface area contributed by atoms with Crippen molar-refractivity contribution >= 4 is 5.69 Å². The van der Waals surface area contributed by atoms with E-state index in [0.717, 1.165) is 19.3 Å². The van der Waals surface area contributed by atoms with Crippen LogP contribution in [-0.4, -0.2) is 22.2 Å². The summed E-state index contributed by atoms with van der Waals surface area (Å²) in [5, 5.41) is 20.0. The molecule has 16 heavy (non-hydrogen) atoms. The van der Waals surface area contributed by atoms with Crippen molar-refractivity contribution in [3.63, 3.8) is 0 Å². The molecule has 1 aliphatic carbocycles. The van der Waals surface area contributed by atoms with Gasteiger partial charge in [0.15, 0.2) is 0 Å². The largest absolute Gasteiger partial charge is 0.488 e. The highest BCUT2D eigenvalue weighted by molar-refractivity contribution is 5.36. The molecule has 5 heteroatoms. The minimum absolute atomic E-state index is 0.0410. The van der Waals surface area contributed by atoms with E-state index in [4.69, 9.17) is 4.74 Å². The van der Waals surface area contributed by atoms with Crippen LogP contribution in [0.3, 0.4) is 0 Å². The lowest BCUT2D eigenvalue weighted by molar-refractivity contribution is -0.384. The van der Waals surface area contributed by atoms with Crippen LogP contribution in [0.5, 0.6) is 5.75 Å². The molecule has 0 spiro atoms. The smallest absolute Gasteiger partial charge is 0.269 e. The van der Waals surface area contributed by atoms with Gasteiger partial charge in [0.2, 0.25) is 0 Å². The Morgan fingerprint density at radius 3 is 2.50 bits per heavy atom. The minimum atomic E-state index is -0.450. The first-order valence-corrected chi connectivity index (χ1v) is 5.26. The van der Waals surface area contributed by atoms with Crippen molar-refractivity contribution in [3.8, 4) is 5.75 Å². The predicted octanol–water partition coefficient (Wildman–Crippen LogP) is 1.89. The Hall–Kier alpha value is -1.62. The van der Waals surface area contributed by atoms with Gasteiger partial charge in [0.25, 0.3) is 5.69 Å². The highest BCUT2D eigenvalue weighted by Gasteiger charge is 2.26. The van der Waals surface area contributed by atoms with Gasteiger partial charge in [-0.3, -0.25) is 10.1 Å². The van der Waals surface area contributed by atoms with E-state index in [1.165, 1.54) is 12.1 Å². The van der Waals surface area contributed by atoms with Crippen molar-refractivity contribution in [3.05, 3.63) is 34.4 Å². The summed E-state index contributed by atoms with van der Waals surface area (Å²) in [5.74, 6) is 0.566. The summed E-state index contributed by atoms with van der Waals surface area (Å²) in [6.45, 7) is 0. The first kappa shape index (κ1) is 10.9. The Morgan fingerprint density at radius 1 is 1.31 bits per heavy atom. The van der Waals surface area contributed by atoms with Gasteiger partial charge < -0.3 is 9.84 Å². The average molecular weight is 223 g/mol. The molecule has 0 heterocycles. The second-order valence-corrected chi connectivity index (χ2v) is 3.91. The van der Waals surface area contributed by atoms with E-state index < -0.39 is 11.0 Å². The zero-order valence-corrected chi connectivity index (χ0v) is 8.70. The Morgan fingerprint density at radius 2 is 2.00 bits per heavy atom. The van der Waals surface area contributed by atoms with Crippen LogP contribution in [0.15, 0.2) is 24.3 Å². The number of nitrogens with zero attached hydrogens (tertiary/aromatic N) is 1. The first-order chi connectivity index (χ1) is 7.66. The molecule has 86 valence electrons. The topological polar surface area (TPSA) is 72.6 Å². The molecule has 0 bridgehead atoms. The maximum atomic E-state index is 10.4. The van der Waals surface area contributed by atoms with Crippen LogP contribution in [0, 0.1) is 10.1 Å². The fourth-order valence-electron chi connectivity index (χ4n) is 1.87. The molecule has 0 amide bonds. The van der Waals surface area contributed by atoms with Crippen molar-refractivity contribution in [2.45, 2.75) is 31.5 Å². The number of rotatable bonds is 3. The maximum Gasteiger partial charge on any atom is 0.269 e. The van der Waals surface area contributed by atoms with Crippen molar-refractivity contribution < 1.29 is 14.8 Å². The Balaban J connectivity index is 2.02. The van der Waals surface area contributed by atoms with Crippen molar-refractivity contribution in [1.82, 2.24) is 0 Å². The molecule has 1 saturated carbocycles. The summed E-state index contributed by atoms with van der Waals surface area (Å²) in [5.41, 5.74) is 0.0410. The van der Waals surface area contributed by atoms with E-state index in [-0.39, 0.29) is 11.8 Å². The van der Waals surface area contributed by atoms with E-state index in [9.17, 15) is 15.2 Å². The molecule has 0 aromatic heterocycles. The Labute approximate surface area is 92.8 Å². The van der Waals surface area contributed by atoms with Gasteiger partial charge in [0.05, 0.1) is 11.0 Å². The van der Waals surface area contributed by atoms with Gasteiger partial charge in [-0.1, -0.05) is 0 Å². The number of benzene rings is 1. The molecular formula is C11H13NO4. The standard InChI is InChI=1S/C11H13NO4/c13-10-2-1-3-11(10)16-9-6-4-8(5-7-9)12(14)15/h4-7,10-11,13H,1-3H2. The Kier molecular flexibility index (Phi) is 3.05. The summed E-state index contributed by atoms with van der Waals surface area (Å²) < 4.78 is 5.55. The molecule has 0 saturated heterocycles. The second kappa shape index (κ2) is 4.49. The molecule has 2 atom stereocenters. The van der Waals surface area contributed by atoms with Gasteiger partial charge in [0.1, 0.15) is 11.9 Å². The quantitative estimate of drug-likeness (QED) is 0.627. The summed E-state index contributed by atoms with van der Waals surface area (Å²) in [4.78, 5) is 9.98. The minimum Gasteiger partial charge on any atom is -0.488 e. The number of ether oxygens (including phenoxy) is 1. The number of hydrogen-bond acceptors (Lipinski definition) is 4. The molecule has 2 unspecified atom stereocenters. The van der Waals surface area contributed by atoms with E-state index in [2.05, 4.69) is 0 Å². The average Bonchev–Trinajstić information content (AvgIpc) is 2.65. The third kappa shape index (κ3) is 2.30. The number of aliphatic hydroxyl groups is 1. The first-order valence-electron chi connectivity index (χ1n) is 5.26. The molecule has 1 aromatic carbocycles. The molecule has 0 radical (unpaired) electrons. The summed E-state index contributed by atoms with van der Waals surface area (Å²) in [7, 11) is 0.